The molecule has 0 aliphatic heterocycles. The quantitative estimate of drug-likeness (QED) is 0.815. The zero-order valence-electron chi connectivity index (χ0n) is 10.9. The molecule has 3 nitrogen and oxygen atoms in total. The highest BCUT2D eigenvalue weighted by Crippen LogP contribution is 2.29. The van der Waals surface area contributed by atoms with Crippen molar-refractivity contribution in [2.75, 3.05) is 0 Å². The highest BCUT2D eigenvalue weighted by Gasteiger charge is 2.21. The molecular weight excluding hydrogens is 224 g/mol. The van der Waals surface area contributed by atoms with Crippen molar-refractivity contribution >= 4 is 0 Å². The van der Waals surface area contributed by atoms with E-state index in [0.717, 1.165) is 17.9 Å². The Morgan fingerprint density at radius 3 is 3.17 bits per heavy atom. The number of nitrogens with zero attached hydrogens (tertiary/aromatic N) is 2. The van der Waals surface area contributed by atoms with Crippen molar-refractivity contribution in [1.29, 1.82) is 5.26 Å². The van der Waals surface area contributed by atoms with E-state index in [2.05, 4.69) is 18.0 Å². The van der Waals surface area contributed by atoms with E-state index in [9.17, 15) is 0 Å². The smallest absolute Gasteiger partial charge is 0.145 e. The third-order valence-electron chi connectivity index (χ3n) is 3.78. The zero-order chi connectivity index (χ0) is 12.8. The van der Waals surface area contributed by atoms with Crippen LogP contribution in [0.4, 0.5) is 0 Å². The Kier molecular flexibility index (Phi) is 4.72. The van der Waals surface area contributed by atoms with Crippen LogP contribution in [0.3, 0.4) is 0 Å². The van der Waals surface area contributed by atoms with Gasteiger partial charge in [0.1, 0.15) is 11.8 Å². The molecule has 2 unspecified atom stereocenters. The Morgan fingerprint density at radius 2 is 2.39 bits per heavy atom. The average molecular weight is 244 g/mol. The highest BCUT2D eigenvalue weighted by atomic mass is 16.5. The number of nitriles is 1. The van der Waals surface area contributed by atoms with Crippen molar-refractivity contribution in [2.45, 2.75) is 51.7 Å². The van der Waals surface area contributed by atoms with Gasteiger partial charge in [0.2, 0.25) is 0 Å². The molecule has 0 radical (unpaired) electrons. The third-order valence-corrected chi connectivity index (χ3v) is 3.78. The lowest BCUT2D eigenvalue weighted by Crippen LogP contribution is -2.22. The summed E-state index contributed by atoms with van der Waals surface area (Å²) in [5.74, 6) is 0.813. The summed E-state index contributed by atoms with van der Waals surface area (Å²) >= 11 is 0. The summed E-state index contributed by atoms with van der Waals surface area (Å²) in [7, 11) is 0. The first-order valence-electron chi connectivity index (χ1n) is 6.79. The number of hydrogen-bond donors (Lipinski definition) is 0. The summed E-state index contributed by atoms with van der Waals surface area (Å²) in [6.07, 6.45) is 8.17. The van der Waals surface area contributed by atoms with Gasteiger partial charge in [-0.3, -0.25) is 0 Å². The van der Waals surface area contributed by atoms with Crippen molar-refractivity contribution in [3.63, 3.8) is 0 Å². The Bertz CT molecular complexity index is 425. The summed E-state index contributed by atoms with van der Waals surface area (Å²) in [5.41, 5.74) is 1.39. The summed E-state index contributed by atoms with van der Waals surface area (Å²) in [6, 6.07) is 5.89. The monoisotopic (exact) mass is 244 g/mol. The summed E-state index contributed by atoms with van der Waals surface area (Å²) in [6.45, 7) is 2.76. The molecule has 1 aliphatic rings. The van der Waals surface area contributed by atoms with Crippen molar-refractivity contribution in [2.24, 2.45) is 5.92 Å². The van der Waals surface area contributed by atoms with E-state index in [-0.39, 0.29) is 0 Å². The fourth-order valence-electron chi connectivity index (χ4n) is 2.63. The van der Waals surface area contributed by atoms with Crippen LogP contribution in [-0.4, -0.2) is 11.1 Å². The minimum Gasteiger partial charge on any atom is -0.373 e. The molecule has 96 valence electrons. The molecular formula is C15H20N2O. The zero-order valence-corrected chi connectivity index (χ0v) is 10.9. The van der Waals surface area contributed by atoms with Crippen molar-refractivity contribution < 1.29 is 4.74 Å². The normalized spacial score (nSPS) is 23.6. The number of ether oxygens (including phenoxy) is 1. The summed E-state index contributed by atoms with van der Waals surface area (Å²) < 4.78 is 5.95. The molecule has 1 aromatic heterocycles. The van der Waals surface area contributed by atoms with Crippen LogP contribution in [0.2, 0.25) is 0 Å². The first-order chi connectivity index (χ1) is 8.83. The van der Waals surface area contributed by atoms with Gasteiger partial charge in [-0.2, -0.15) is 5.26 Å². The van der Waals surface area contributed by atoms with Gasteiger partial charge in [0.15, 0.2) is 0 Å². The number of rotatable bonds is 4. The van der Waals surface area contributed by atoms with E-state index in [4.69, 9.17) is 10.00 Å². The van der Waals surface area contributed by atoms with Crippen molar-refractivity contribution in [3.8, 4) is 6.07 Å². The second-order valence-electron chi connectivity index (χ2n) is 5.00. The first-order valence-corrected chi connectivity index (χ1v) is 6.79. The lowest BCUT2D eigenvalue weighted by atomic mass is 9.85. The Hall–Kier alpha value is -1.40. The van der Waals surface area contributed by atoms with Crippen LogP contribution in [0.25, 0.3) is 0 Å². The molecule has 0 aromatic carbocycles. The molecule has 1 aliphatic carbocycles. The van der Waals surface area contributed by atoms with Gasteiger partial charge in [0.25, 0.3) is 0 Å². The minimum absolute atomic E-state index is 0.357. The van der Waals surface area contributed by atoms with Crippen LogP contribution in [0.1, 0.15) is 50.3 Å². The maximum absolute atomic E-state index is 8.97. The van der Waals surface area contributed by atoms with Gasteiger partial charge >= 0.3 is 0 Å². The fraction of sp³-hybridized carbons (Fsp3) is 0.600. The second-order valence-corrected chi connectivity index (χ2v) is 5.00. The maximum atomic E-state index is 8.97. The average Bonchev–Trinajstić information content (AvgIpc) is 2.45. The van der Waals surface area contributed by atoms with E-state index in [1.165, 1.54) is 25.7 Å². The molecule has 0 spiro atoms. The molecule has 0 saturated heterocycles. The Morgan fingerprint density at radius 1 is 1.50 bits per heavy atom. The van der Waals surface area contributed by atoms with Gasteiger partial charge in [-0.25, -0.2) is 4.98 Å². The molecule has 3 heteroatoms. The van der Waals surface area contributed by atoms with Crippen LogP contribution < -0.4 is 0 Å². The molecule has 0 bridgehead atoms. The maximum Gasteiger partial charge on any atom is 0.145 e. The highest BCUT2D eigenvalue weighted by molar-refractivity contribution is 5.29. The van der Waals surface area contributed by atoms with E-state index < -0.39 is 0 Å². The SMILES string of the molecule is CCC1CCCC(OCc2cccnc2C#N)C1. The summed E-state index contributed by atoms with van der Waals surface area (Å²) in [4.78, 5) is 4.05. The second kappa shape index (κ2) is 6.51. The molecule has 18 heavy (non-hydrogen) atoms. The molecule has 2 rings (SSSR count). The van der Waals surface area contributed by atoms with Gasteiger partial charge in [-0.1, -0.05) is 32.3 Å². The summed E-state index contributed by atoms with van der Waals surface area (Å²) in [5, 5.41) is 8.97. The van der Waals surface area contributed by atoms with Crippen LogP contribution in [0, 0.1) is 17.2 Å². The molecule has 1 aromatic rings. The molecule has 1 saturated carbocycles. The van der Waals surface area contributed by atoms with Crippen LogP contribution in [0.5, 0.6) is 0 Å². The molecule has 0 N–H and O–H groups in total. The lowest BCUT2D eigenvalue weighted by Gasteiger charge is -2.28. The van der Waals surface area contributed by atoms with Gasteiger partial charge in [-0.05, 0) is 24.8 Å². The topological polar surface area (TPSA) is 45.9 Å². The van der Waals surface area contributed by atoms with E-state index in [0.29, 0.717) is 18.4 Å². The van der Waals surface area contributed by atoms with E-state index in [1.54, 1.807) is 6.20 Å². The van der Waals surface area contributed by atoms with Crippen LogP contribution in [-0.2, 0) is 11.3 Å². The van der Waals surface area contributed by atoms with Crippen molar-refractivity contribution in [1.82, 2.24) is 4.98 Å². The molecule has 1 fully saturated rings. The standard InChI is InChI=1S/C15H20N2O/c1-2-12-5-3-7-14(9-12)18-11-13-6-4-8-17-15(13)10-16/h4,6,8,12,14H,2-3,5,7,9,11H2,1H3. The van der Waals surface area contributed by atoms with E-state index in [1.807, 2.05) is 12.1 Å². The third kappa shape index (κ3) is 3.30. The van der Waals surface area contributed by atoms with Gasteiger partial charge in [0.05, 0.1) is 12.7 Å². The van der Waals surface area contributed by atoms with Gasteiger partial charge in [0, 0.05) is 11.8 Å². The molecule has 1 heterocycles. The largest absolute Gasteiger partial charge is 0.373 e. The number of aromatic nitrogens is 1. The predicted molar refractivity (Wildman–Crippen MR) is 69.8 cm³/mol. The number of pyridine rings is 1. The number of hydrogen-bond acceptors (Lipinski definition) is 3. The Labute approximate surface area is 109 Å². The molecule has 2 atom stereocenters. The fourth-order valence-corrected chi connectivity index (χ4v) is 2.63. The predicted octanol–water partition coefficient (Wildman–Crippen LogP) is 3.44. The van der Waals surface area contributed by atoms with Crippen LogP contribution in [0.15, 0.2) is 18.3 Å². The Balaban J connectivity index is 1.89. The first kappa shape index (κ1) is 13.0. The van der Waals surface area contributed by atoms with Crippen LogP contribution >= 0.6 is 0 Å². The van der Waals surface area contributed by atoms with Crippen molar-refractivity contribution in [3.05, 3.63) is 29.6 Å². The van der Waals surface area contributed by atoms with E-state index >= 15 is 0 Å². The van der Waals surface area contributed by atoms with Gasteiger partial charge < -0.3 is 4.74 Å². The minimum atomic E-state index is 0.357. The molecule has 0 amide bonds. The van der Waals surface area contributed by atoms with Gasteiger partial charge in [-0.15, -0.1) is 0 Å². The lowest BCUT2D eigenvalue weighted by molar-refractivity contribution is 0.00157.